The van der Waals surface area contributed by atoms with Crippen LogP contribution in [0.25, 0.3) is 0 Å². The van der Waals surface area contributed by atoms with Crippen LogP contribution in [0.2, 0.25) is 0 Å². The fourth-order valence-corrected chi connectivity index (χ4v) is 2.09. The summed E-state index contributed by atoms with van der Waals surface area (Å²) in [6, 6.07) is 0. The fourth-order valence-electron chi connectivity index (χ4n) is 2.09. The monoisotopic (exact) mass is 186 g/mol. The van der Waals surface area contributed by atoms with Gasteiger partial charge in [-0.05, 0) is 44.4 Å². The molecule has 0 unspecified atom stereocenters. The molecule has 0 aliphatic heterocycles. The molecule has 0 aromatic rings. The highest BCUT2D eigenvalue weighted by atomic mass is 16.5. The summed E-state index contributed by atoms with van der Waals surface area (Å²) in [7, 11) is 1.80. The molecule has 2 nitrogen and oxygen atoms in total. The standard InChI is InChI=1S/C11H22O2/c1-3-13-9-11-6-4-10(5-7-11)8-12-2/h10-11H,3-9H2,1-2H3. The van der Waals surface area contributed by atoms with E-state index in [1.54, 1.807) is 7.11 Å². The Hall–Kier alpha value is -0.0800. The normalized spacial score (nSPS) is 29.1. The van der Waals surface area contributed by atoms with E-state index in [4.69, 9.17) is 9.47 Å². The van der Waals surface area contributed by atoms with E-state index in [0.717, 1.165) is 31.7 Å². The number of hydrogen-bond donors (Lipinski definition) is 0. The third kappa shape index (κ3) is 4.10. The highest BCUT2D eigenvalue weighted by Crippen LogP contribution is 2.28. The molecule has 0 radical (unpaired) electrons. The number of methoxy groups -OCH3 is 1. The number of hydrogen-bond acceptors (Lipinski definition) is 2. The minimum Gasteiger partial charge on any atom is -0.384 e. The molecule has 0 amide bonds. The molecule has 0 atom stereocenters. The zero-order valence-electron chi connectivity index (χ0n) is 8.92. The van der Waals surface area contributed by atoms with E-state index < -0.39 is 0 Å². The summed E-state index contributed by atoms with van der Waals surface area (Å²) in [6.45, 7) is 4.84. The Morgan fingerprint density at radius 1 is 1.00 bits per heavy atom. The van der Waals surface area contributed by atoms with Gasteiger partial charge in [0.2, 0.25) is 0 Å². The highest BCUT2D eigenvalue weighted by Gasteiger charge is 2.20. The summed E-state index contributed by atoms with van der Waals surface area (Å²) in [5.41, 5.74) is 0. The Bertz CT molecular complexity index is 117. The number of ether oxygens (including phenoxy) is 2. The van der Waals surface area contributed by atoms with Crippen LogP contribution in [0.3, 0.4) is 0 Å². The first-order chi connectivity index (χ1) is 6.36. The predicted octanol–water partition coefficient (Wildman–Crippen LogP) is 2.48. The Kier molecular flexibility index (Phi) is 5.40. The van der Waals surface area contributed by atoms with Crippen molar-refractivity contribution < 1.29 is 9.47 Å². The van der Waals surface area contributed by atoms with Crippen LogP contribution in [-0.4, -0.2) is 26.9 Å². The lowest BCUT2D eigenvalue weighted by Crippen LogP contribution is -2.21. The zero-order chi connectivity index (χ0) is 9.52. The van der Waals surface area contributed by atoms with E-state index in [9.17, 15) is 0 Å². The second-order valence-electron chi connectivity index (χ2n) is 4.00. The molecule has 0 spiro atoms. The molecule has 0 bridgehead atoms. The Labute approximate surface area is 81.6 Å². The van der Waals surface area contributed by atoms with Crippen LogP contribution in [-0.2, 0) is 9.47 Å². The van der Waals surface area contributed by atoms with Crippen LogP contribution in [0.15, 0.2) is 0 Å². The largest absolute Gasteiger partial charge is 0.384 e. The molecule has 0 aromatic heterocycles. The van der Waals surface area contributed by atoms with E-state index in [1.807, 2.05) is 0 Å². The van der Waals surface area contributed by atoms with Gasteiger partial charge in [0.05, 0.1) is 0 Å². The van der Waals surface area contributed by atoms with Gasteiger partial charge in [0.25, 0.3) is 0 Å². The van der Waals surface area contributed by atoms with Crippen LogP contribution in [0.5, 0.6) is 0 Å². The summed E-state index contributed by atoms with van der Waals surface area (Å²) in [5, 5.41) is 0. The van der Waals surface area contributed by atoms with Gasteiger partial charge in [0, 0.05) is 26.9 Å². The number of rotatable bonds is 5. The maximum Gasteiger partial charge on any atom is 0.0494 e. The van der Waals surface area contributed by atoms with Crippen LogP contribution < -0.4 is 0 Å². The first kappa shape index (κ1) is 11.0. The van der Waals surface area contributed by atoms with Crippen molar-refractivity contribution in [1.82, 2.24) is 0 Å². The van der Waals surface area contributed by atoms with Gasteiger partial charge in [0.15, 0.2) is 0 Å². The lowest BCUT2D eigenvalue weighted by Gasteiger charge is -2.27. The van der Waals surface area contributed by atoms with Gasteiger partial charge in [-0.25, -0.2) is 0 Å². The first-order valence-electron chi connectivity index (χ1n) is 5.43. The SMILES string of the molecule is CCOCC1CCC(COC)CC1. The predicted molar refractivity (Wildman–Crippen MR) is 53.8 cm³/mol. The summed E-state index contributed by atoms with van der Waals surface area (Å²) in [5.74, 6) is 1.62. The van der Waals surface area contributed by atoms with E-state index in [0.29, 0.717) is 0 Å². The molecule has 0 N–H and O–H groups in total. The van der Waals surface area contributed by atoms with Gasteiger partial charge in [-0.15, -0.1) is 0 Å². The van der Waals surface area contributed by atoms with Crippen LogP contribution in [0.1, 0.15) is 32.6 Å². The Balaban J connectivity index is 2.08. The Morgan fingerprint density at radius 3 is 2.00 bits per heavy atom. The van der Waals surface area contributed by atoms with E-state index in [1.165, 1.54) is 25.7 Å². The lowest BCUT2D eigenvalue weighted by molar-refractivity contribution is 0.0684. The van der Waals surface area contributed by atoms with Crippen molar-refractivity contribution >= 4 is 0 Å². The van der Waals surface area contributed by atoms with Crippen molar-refractivity contribution in [3.8, 4) is 0 Å². The van der Waals surface area contributed by atoms with Gasteiger partial charge < -0.3 is 9.47 Å². The average molecular weight is 186 g/mol. The van der Waals surface area contributed by atoms with Crippen molar-refractivity contribution in [2.45, 2.75) is 32.6 Å². The maximum atomic E-state index is 5.44. The van der Waals surface area contributed by atoms with E-state index in [-0.39, 0.29) is 0 Å². The molecule has 78 valence electrons. The molecule has 1 fully saturated rings. The molecule has 0 saturated heterocycles. The molecule has 0 aromatic carbocycles. The van der Waals surface area contributed by atoms with Crippen LogP contribution in [0, 0.1) is 11.8 Å². The molecular formula is C11H22O2. The summed E-state index contributed by atoms with van der Waals surface area (Å²) in [6.07, 6.45) is 5.30. The highest BCUT2D eigenvalue weighted by molar-refractivity contribution is 4.71. The molecule has 1 aliphatic carbocycles. The third-order valence-corrected chi connectivity index (χ3v) is 2.93. The molecule has 1 aliphatic rings. The molecule has 1 saturated carbocycles. The van der Waals surface area contributed by atoms with Crippen molar-refractivity contribution in [2.75, 3.05) is 26.9 Å². The molecule has 0 heterocycles. The van der Waals surface area contributed by atoms with Crippen LogP contribution >= 0.6 is 0 Å². The van der Waals surface area contributed by atoms with Gasteiger partial charge in [-0.2, -0.15) is 0 Å². The van der Waals surface area contributed by atoms with Crippen molar-refractivity contribution in [3.05, 3.63) is 0 Å². The van der Waals surface area contributed by atoms with Crippen molar-refractivity contribution in [2.24, 2.45) is 11.8 Å². The summed E-state index contributed by atoms with van der Waals surface area (Å²) >= 11 is 0. The molecular weight excluding hydrogens is 164 g/mol. The average Bonchev–Trinajstić information content (AvgIpc) is 2.17. The summed E-state index contributed by atoms with van der Waals surface area (Å²) in [4.78, 5) is 0. The Morgan fingerprint density at radius 2 is 1.54 bits per heavy atom. The first-order valence-corrected chi connectivity index (χ1v) is 5.43. The van der Waals surface area contributed by atoms with Gasteiger partial charge >= 0.3 is 0 Å². The molecule has 1 rings (SSSR count). The topological polar surface area (TPSA) is 18.5 Å². The van der Waals surface area contributed by atoms with E-state index in [2.05, 4.69) is 6.92 Å². The van der Waals surface area contributed by atoms with E-state index >= 15 is 0 Å². The maximum absolute atomic E-state index is 5.44. The molecule has 13 heavy (non-hydrogen) atoms. The second kappa shape index (κ2) is 6.39. The van der Waals surface area contributed by atoms with Crippen molar-refractivity contribution in [1.29, 1.82) is 0 Å². The second-order valence-corrected chi connectivity index (χ2v) is 4.00. The minimum atomic E-state index is 0.808. The van der Waals surface area contributed by atoms with Gasteiger partial charge in [-0.1, -0.05) is 0 Å². The van der Waals surface area contributed by atoms with Gasteiger partial charge in [-0.3, -0.25) is 0 Å². The minimum absolute atomic E-state index is 0.808. The summed E-state index contributed by atoms with van der Waals surface area (Å²) < 4.78 is 10.6. The third-order valence-electron chi connectivity index (χ3n) is 2.93. The lowest BCUT2D eigenvalue weighted by atomic mass is 9.83. The smallest absolute Gasteiger partial charge is 0.0494 e. The van der Waals surface area contributed by atoms with Crippen LogP contribution in [0.4, 0.5) is 0 Å². The quantitative estimate of drug-likeness (QED) is 0.656. The van der Waals surface area contributed by atoms with Crippen molar-refractivity contribution in [3.63, 3.8) is 0 Å². The molecule has 2 heteroatoms. The zero-order valence-corrected chi connectivity index (χ0v) is 8.92. The fraction of sp³-hybridized carbons (Fsp3) is 1.00. The van der Waals surface area contributed by atoms with Gasteiger partial charge in [0.1, 0.15) is 0 Å².